The summed E-state index contributed by atoms with van der Waals surface area (Å²) in [5.74, 6) is 0.343. The average molecular weight is 330 g/mol. The van der Waals surface area contributed by atoms with Gasteiger partial charge in [0.1, 0.15) is 0 Å². The lowest BCUT2D eigenvalue weighted by Crippen LogP contribution is -2.29. The molecular weight excluding hydrogens is 304 g/mol. The highest BCUT2D eigenvalue weighted by molar-refractivity contribution is 6.01. The Labute approximate surface area is 143 Å². The Hall–Kier alpha value is -2.17. The molecule has 5 heteroatoms. The van der Waals surface area contributed by atoms with Crippen molar-refractivity contribution in [2.24, 2.45) is 0 Å². The summed E-state index contributed by atoms with van der Waals surface area (Å²) in [7, 11) is 0. The van der Waals surface area contributed by atoms with Crippen LogP contribution in [0.2, 0.25) is 0 Å². The van der Waals surface area contributed by atoms with E-state index in [9.17, 15) is 14.4 Å². The Morgan fingerprint density at radius 3 is 2.25 bits per heavy atom. The Morgan fingerprint density at radius 2 is 1.67 bits per heavy atom. The van der Waals surface area contributed by atoms with Crippen molar-refractivity contribution in [1.29, 1.82) is 0 Å². The molecule has 0 spiro atoms. The number of hydrogen-bond acceptors (Lipinski definition) is 3. The van der Waals surface area contributed by atoms with Crippen LogP contribution in [0.25, 0.3) is 0 Å². The number of anilines is 1. The van der Waals surface area contributed by atoms with Crippen molar-refractivity contribution in [1.82, 2.24) is 4.90 Å². The highest BCUT2D eigenvalue weighted by Gasteiger charge is 2.27. The molecule has 24 heavy (non-hydrogen) atoms. The lowest BCUT2D eigenvalue weighted by Gasteiger charge is -2.13. The van der Waals surface area contributed by atoms with Gasteiger partial charge in [-0.3, -0.25) is 19.3 Å². The van der Waals surface area contributed by atoms with Crippen LogP contribution in [0.15, 0.2) is 24.3 Å². The summed E-state index contributed by atoms with van der Waals surface area (Å²) >= 11 is 0. The van der Waals surface area contributed by atoms with Gasteiger partial charge >= 0.3 is 0 Å². The molecule has 130 valence electrons. The van der Waals surface area contributed by atoms with E-state index < -0.39 is 0 Å². The van der Waals surface area contributed by atoms with E-state index in [0.29, 0.717) is 31.7 Å². The summed E-state index contributed by atoms with van der Waals surface area (Å²) in [6.07, 6.45) is 3.48. The number of unbranched alkanes of at least 4 members (excludes halogenated alkanes) is 2. The third-order valence-electron chi connectivity index (χ3n) is 4.30. The van der Waals surface area contributed by atoms with E-state index in [0.717, 1.165) is 24.9 Å². The van der Waals surface area contributed by atoms with Crippen LogP contribution in [0.1, 0.15) is 63.9 Å². The van der Waals surface area contributed by atoms with Gasteiger partial charge < -0.3 is 5.32 Å². The Bertz CT molecular complexity index is 577. The summed E-state index contributed by atoms with van der Waals surface area (Å²) in [4.78, 5) is 36.2. The first kappa shape index (κ1) is 18.2. The Kier molecular flexibility index (Phi) is 6.53. The van der Waals surface area contributed by atoms with Crippen molar-refractivity contribution >= 4 is 23.4 Å². The van der Waals surface area contributed by atoms with Crippen LogP contribution in [0.3, 0.4) is 0 Å². The summed E-state index contributed by atoms with van der Waals surface area (Å²) in [6, 6.07) is 7.92. The highest BCUT2D eigenvalue weighted by atomic mass is 16.2. The number of carbonyl (C=O) groups excluding carboxylic acids is 3. The first-order valence-corrected chi connectivity index (χ1v) is 8.70. The highest BCUT2D eigenvalue weighted by Crippen LogP contribution is 2.17. The van der Waals surface area contributed by atoms with Gasteiger partial charge in [-0.2, -0.15) is 0 Å². The summed E-state index contributed by atoms with van der Waals surface area (Å²) < 4.78 is 0. The van der Waals surface area contributed by atoms with E-state index in [1.165, 1.54) is 10.5 Å². The molecule has 0 unspecified atom stereocenters. The molecule has 1 aromatic rings. The molecule has 0 bridgehead atoms. The minimum Gasteiger partial charge on any atom is -0.326 e. The van der Waals surface area contributed by atoms with E-state index in [2.05, 4.69) is 19.2 Å². The number of nitrogens with one attached hydrogen (secondary N) is 1. The number of nitrogens with zero attached hydrogens (tertiary/aromatic N) is 1. The van der Waals surface area contributed by atoms with Crippen LogP contribution in [0, 0.1) is 0 Å². The zero-order valence-electron chi connectivity index (χ0n) is 14.5. The van der Waals surface area contributed by atoms with Crippen molar-refractivity contribution in [3.05, 3.63) is 29.8 Å². The van der Waals surface area contributed by atoms with Crippen LogP contribution in [-0.2, 0) is 14.4 Å². The van der Waals surface area contributed by atoms with E-state index in [1.807, 2.05) is 24.3 Å². The van der Waals surface area contributed by atoms with Crippen molar-refractivity contribution in [3.63, 3.8) is 0 Å². The monoisotopic (exact) mass is 330 g/mol. The summed E-state index contributed by atoms with van der Waals surface area (Å²) in [5.41, 5.74) is 2.07. The second-order valence-electron chi connectivity index (χ2n) is 6.57. The maximum absolute atomic E-state index is 11.9. The molecule has 1 aromatic carbocycles. The van der Waals surface area contributed by atoms with Gasteiger partial charge in [0, 0.05) is 31.5 Å². The number of hydrogen-bond donors (Lipinski definition) is 1. The smallest absolute Gasteiger partial charge is 0.229 e. The standard InChI is InChI=1S/C19H26N2O3/c1-14(2)15-7-9-16(10-8-15)20-17(22)6-4-3-5-13-21-18(23)11-12-19(21)24/h7-10,14H,3-6,11-13H2,1-2H3,(H,20,22). The fourth-order valence-corrected chi connectivity index (χ4v) is 2.78. The molecule has 1 heterocycles. The molecule has 5 nitrogen and oxygen atoms in total. The van der Waals surface area contributed by atoms with Crippen molar-refractivity contribution in [2.45, 2.75) is 58.3 Å². The fourth-order valence-electron chi connectivity index (χ4n) is 2.78. The number of amides is 3. The van der Waals surface area contributed by atoms with E-state index in [1.54, 1.807) is 0 Å². The van der Waals surface area contributed by atoms with E-state index in [4.69, 9.17) is 0 Å². The van der Waals surface area contributed by atoms with Crippen LogP contribution in [0.4, 0.5) is 5.69 Å². The SMILES string of the molecule is CC(C)c1ccc(NC(=O)CCCCCN2C(=O)CCC2=O)cc1. The molecular formula is C19H26N2O3. The fraction of sp³-hybridized carbons (Fsp3) is 0.526. The number of imide groups is 1. The van der Waals surface area contributed by atoms with E-state index >= 15 is 0 Å². The van der Waals surface area contributed by atoms with Gasteiger partial charge in [0.2, 0.25) is 17.7 Å². The predicted molar refractivity (Wildman–Crippen MR) is 93.6 cm³/mol. The van der Waals surface area contributed by atoms with Gasteiger partial charge in [-0.15, -0.1) is 0 Å². The summed E-state index contributed by atoms with van der Waals surface area (Å²) in [5, 5.41) is 2.90. The third kappa shape index (κ3) is 5.18. The van der Waals surface area contributed by atoms with Crippen molar-refractivity contribution < 1.29 is 14.4 Å². The van der Waals surface area contributed by atoms with Gasteiger partial charge in [0.15, 0.2) is 0 Å². The normalized spacial score (nSPS) is 14.5. The zero-order valence-corrected chi connectivity index (χ0v) is 14.5. The zero-order chi connectivity index (χ0) is 17.5. The van der Waals surface area contributed by atoms with Crippen molar-refractivity contribution in [2.75, 3.05) is 11.9 Å². The third-order valence-corrected chi connectivity index (χ3v) is 4.30. The molecule has 1 aliphatic heterocycles. The lowest BCUT2D eigenvalue weighted by atomic mass is 10.0. The number of rotatable bonds is 8. The topological polar surface area (TPSA) is 66.5 Å². The van der Waals surface area contributed by atoms with Crippen LogP contribution < -0.4 is 5.32 Å². The maximum Gasteiger partial charge on any atom is 0.229 e. The van der Waals surface area contributed by atoms with Gasteiger partial charge in [-0.05, 0) is 36.5 Å². The number of benzene rings is 1. The first-order valence-electron chi connectivity index (χ1n) is 8.70. The number of carbonyl (C=O) groups is 3. The molecule has 1 fully saturated rings. The van der Waals surface area contributed by atoms with Gasteiger partial charge in [0.25, 0.3) is 0 Å². The largest absolute Gasteiger partial charge is 0.326 e. The van der Waals surface area contributed by atoms with Gasteiger partial charge in [0.05, 0.1) is 0 Å². The minimum absolute atomic E-state index is 0.000576. The molecule has 0 atom stereocenters. The maximum atomic E-state index is 11.9. The quantitative estimate of drug-likeness (QED) is 0.586. The second kappa shape index (κ2) is 8.62. The molecule has 1 N–H and O–H groups in total. The summed E-state index contributed by atoms with van der Waals surface area (Å²) in [6.45, 7) is 4.75. The van der Waals surface area contributed by atoms with Crippen LogP contribution in [0.5, 0.6) is 0 Å². The molecule has 0 aliphatic carbocycles. The molecule has 0 radical (unpaired) electrons. The molecule has 0 saturated carbocycles. The Balaban J connectivity index is 1.63. The molecule has 1 saturated heterocycles. The van der Waals surface area contributed by atoms with Crippen LogP contribution >= 0.6 is 0 Å². The molecule has 3 amide bonds. The van der Waals surface area contributed by atoms with Gasteiger partial charge in [-0.25, -0.2) is 0 Å². The average Bonchev–Trinajstić information content (AvgIpc) is 2.86. The molecule has 0 aromatic heterocycles. The predicted octanol–water partition coefficient (Wildman–Crippen LogP) is 3.46. The van der Waals surface area contributed by atoms with E-state index in [-0.39, 0.29) is 17.7 Å². The minimum atomic E-state index is -0.0670. The lowest BCUT2D eigenvalue weighted by molar-refractivity contribution is -0.138. The van der Waals surface area contributed by atoms with Crippen molar-refractivity contribution in [3.8, 4) is 0 Å². The molecule has 1 aliphatic rings. The first-order chi connectivity index (χ1) is 11.5. The number of likely N-dealkylation sites (tertiary alicyclic amines) is 1. The van der Waals surface area contributed by atoms with Gasteiger partial charge in [-0.1, -0.05) is 32.4 Å². The Morgan fingerprint density at radius 1 is 1.04 bits per heavy atom. The second-order valence-corrected chi connectivity index (χ2v) is 6.57. The van der Waals surface area contributed by atoms with Crippen LogP contribution in [-0.4, -0.2) is 29.2 Å². The molecule has 2 rings (SSSR count).